The number of carbonyl (C=O) groups is 2. The van der Waals surface area contributed by atoms with Gasteiger partial charge in [-0.25, -0.2) is 0 Å². The molecule has 0 unspecified atom stereocenters. The van der Waals surface area contributed by atoms with Gasteiger partial charge in [-0.1, -0.05) is 53.5 Å². The number of halogens is 2. The Bertz CT molecular complexity index is 795. The average molecular weight is 410 g/mol. The van der Waals surface area contributed by atoms with Gasteiger partial charge in [0, 0.05) is 35.1 Å². The fourth-order valence-corrected chi connectivity index (χ4v) is 3.01. The Morgan fingerprint density at radius 3 is 2.27 bits per heavy atom. The van der Waals surface area contributed by atoms with Crippen LogP contribution in [0.5, 0.6) is 0 Å². The molecule has 2 aromatic carbocycles. The smallest absolute Gasteiger partial charge is 0.257 e. The molecule has 2 amide bonds. The van der Waals surface area contributed by atoms with Crippen molar-refractivity contribution in [3.05, 3.63) is 69.7 Å². The van der Waals surface area contributed by atoms with Crippen LogP contribution in [0.2, 0.25) is 10.0 Å². The molecular weight excluding hydrogens is 393 g/mol. The molecule has 0 radical (unpaired) electrons. The molecule has 2 rings (SSSR count). The van der Waals surface area contributed by atoms with Crippen molar-refractivity contribution in [1.29, 1.82) is 0 Å². The SMILES string of the molecule is NC(=O)CCN(Cc1ccccc1)C(=S)NC(=O)c1cc(Cl)cc(Cl)c1. The lowest BCUT2D eigenvalue weighted by atomic mass is 10.2. The van der Waals surface area contributed by atoms with E-state index in [1.165, 1.54) is 18.2 Å². The first-order valence-corrected chi connectivity index (χ1v) is 8.90. The summed E-state index contributed by atoms with van der Waals surface area (Å²) in [6.45, 7) is 0.725. The minimum Gasteiger partial charge on any atom is -0.370 e. The summed E-state index contributed by atoms with van der Waals surface area (Å²) in [6, 6.07) is 14.1. The molecular formula is C18H17Cl2N3O2S. The molecule has 3 N–H and O–H groups in total. The van der Waals surface area contributed by atoms with Crippen LogP contribution < -0.4 is 11.1 Å². The third kappa shape index (κ3) is 6.29. The first-order chi connectivity index (χ1) is 12.3. The van der Waals surface area contributed by atoms with E-state index in [2.05, 4.69) is 5.32 Å². The Balaban J connectivity index is 2.11. The molecule has 0 aliphatic rings. The standard InChI is InChI=1S/C18H17Cl2N3O2S/c19-14-8-13(9-15(20)10-14)17(25)22-18(26)23(7-6-16(21)24)11-12-4-2-1-3-5-12/h1-5,8-10H,6-7,11H2,(H2,21,24)(H,22,25,26). The van der Waals surface area contributed by atoms with Crippen molar-refractivity contribution in [2.45, 2.75) is 13.0 Å². The fourth-order valence-electron chi connectivity index (χ4n) is 2.23. The fraction of sp³-hybridized carbons (Fsp3) is 0.167. The number of rotatable bonds is 6. The first-order valence-electron chi connectivity index (χ1n) is 7.73. The summed E-state index contributed by atoms with van der Waals surface area (Å²) in [5.74, 6) is -0.879. The second kappa shape index (κ2) is 9.52. The molecule has 0 aromatic heterocycles. The van der Waals surface area contributed by atoms with Crippen molar-refractivity contribution in [2.75, 3.05) is 6.54 Å². The third-order valence-corrected chi connectivity index (χ3v) is 4.27. The van der Waals surface area contributed by atoms with Gasteiger partial charge in [0.05, 0.1) is 0 Å². The monoisotopic (exact) mass is 409 g/mol. The van der Waals surface area contributed by atoms with Crippen LogP contribution in [0.4, 0.5) is 0 Å². The lowest BCUT2D eigenvalue weighted by Crippen LogP contribution is -2.43. The number of nitrogens with zero attached hydrogens (tertiary/aromatic N) is 1. The Labute approximate surface area is 167 Å². The molecule has 0 bridgehead atoms. The minimum atomic E-state index is -0.446. The molecule has 0 atom stereocenters. The number of benzene rings is 2. The van der Waals surface area contributed by atoms with Gasteiger partial charge < -0.3 is 10.6 Å². The average Bonchev–Trinajstić information content (AvgIpc) is 2.58. The Morgan fingerprint density at radius 1 is 1.08 bits per heavy atom. The maximum absolute atomic E-state index is 12.4. The highest BCUT2D eigenvalue weighted by molar-refractivity contribution is 7.80. The van der Waals surface area contributed by atoms with Crippen LogP contribution in [0, 0.1) is 0 Å². The second-order valence-electron chi connectivity index (χ2n) is 5.54. The van der Waals surface area contributed by atoms with Crippen LogP contribution >= 0.6 is 35.4 Å². The van der Waals surface area contributed by atoms with Crippen molar-refractivity contribution >= 4 is 52.3 Å². The van der Waals surface area contributed by atoms with E-state index < -0.39 is 11.8 Å². The summed E-state index contributed by atoms with van der Waals surface area (Å²) in [6.07, 6.45) is 0.117. The predicted molar refractivity (Wildman–Crippen MR) is 107 cm³/mol. The topological polar surface area (TPSA) is 75.4 Å². The van der Waals surface area contributed by atoms with Crippen LogP contribution in [0.3, 0.4) is 0 Å². The van der Waals surface area contributed by atoms with Gasteiger partial charge in [-0.2, -0.15) is 0 Å². The number of carbonyl (C=O) groups excluding carboxylic acids is 2. The zero-order chi connectivity index (χ0) is 19.1. The number of primary amides is 1. The molecule has 136 valence electrons. The van der Waals surface area contributed by atoms with E-state index in [1.54, 1.807) is 4.90 Å². The highest BCUT2D eigenvalue weighted by Crippen LogP contribution is 2.19. The summed E-state index contributed by atoms with van der Waals surface area (Å²) >= 11 is 17.2. The molecule has 8 heteroatoms. The van der Waals surface area contributed by atoms with E-state index in [1.807, 2.05) is 30.3 Å². The molecule has 0 saturated carbocycles. The van der Waals surface area contributed by atoms with Gasteiger partial charge in [0.15, 0.2) is 5.11 Å². The highest BCUT2D eigenvalue weighted by Gasteiger charge is 2.16. The van der Waals surface area contributed by atoms with Crippen molar-refractivity contribution < 1.29 is 9.59 Å². The van der Waals surface area contributed by atoms with Crippen molar-refractivity contribution in [1.82, 2.24) is 10.2 Å². The molecule has 2 aromatic rings. The number of amides is 2. The van der Waals surface area contributed by atoms with Crippen molar-refractivity contribution in [2.24, 2.45) is 5.73 Å². The molecule has 0 saturated heterocycles. The molecule has 0 fully saturated rings. The zero-order valence-electron chi connectivity index (χ0n) is 13.7. The van der Waals surface area contributed by atoms with Gasteiger partial charge in [0.2, 0.25) is 5.91 Å². The maximum atomic E-state index is 12.4. The lowest BCUT2D eigenvalue weighted by Gasteiger charge is -2.25. The van der Waals surface area contributed by atoms with Crippen molar-refractivity contribution in [3.63, 3.8) is 0 Å². The van der Waals surface area contributed by atoms with Gasteiger partial charge in [0.25, 0.3) is 5.91 Å². The molecule has 5 nitrogen and oxygen atoms in total. The Hall–Kier alpha value is -2.15. The Kier molecular flexibility index (Phi) is 7.38. The van der Waals surface area contributed by atoms with Crippen LogP contribution in [0.15, 0.2) is 48.5 Å². The highest BCUT2D eigenvalue weighted by atomic mass is 35.5. The molecule has 0 spiro atoms. The van der Waals surface area contributed by atoms with Crippen LogP contribution in [0.25, 0.3) is 0 Å². The summed E-state index contributed by atoms with van der Waals surface area (Å²) in [5, 5.41) is 3.54. The third-order valence-electron chi connectivity index (χ3n) is 3.48. The molecule has 26 heavy (non-hydrogen) atoms. The number of thiocarbonyl (C=S) groups is 1. The lowest BCUT2D eigenvalue weighted by molar-refractivity contribution is -0.118. The van der Waals surface area contributed by atoms with E-state index >= 15 is 0 Å². The van der Waals surface area contributed by atoms with E-state index in [-0.39, 0.29) is 11.5 Å². The van der Waals surface area contributed by atoms with Gasteiger partial charge in [0.1, 0.15) is 0 Å². The van der Waals surface area contributed by atoms with Crippen LogP contribution in [-0.2, 0) is 11.3 Å². The predicted octanol–water partition coefficient (Wildman–Crippen LogP) is 3.39. The van der Waals surface area contributed by atoms with Crippen LogP contribution in [-0.4, -0.2) is 28.4 Å². The first kappa shape index (κ1) is 20.2. The summed E-state index contributed by atoms with van der Waals surface area (Å²) < 4.78 is 0. The van der Waals surface area contributed by atoms with E-state index in [4.69, 9.17) is 41.2 Å². The molecule has 0 aliphatic carbocycles. The van der Waals surface area contributed by atoms with Gasteiger partial charge >= 0.3 is 0 Å². The van der Waals surface area contributed by atoms with E-state index in [0.717, 1.165) is 5.56 Å². The maximum Gasteiger partial charge on any atom is 0.257 e. The minimum absolute atomic E-state index is 0.117. The quantitative estimate of drug-likeness (QED) is 0.716. The van der Waals surface area contributed by atoms with Crippen LogP contribution in [0.1, 0.15) is 22.3 Å². The number of hydrogen-bond acceptors (Lipinski definition) is 3. The summed E-state index contributed by atoms with van der Waals surface area (Å²) in [5.41, 5.74) is 6.51. The van der Waals surface area contributed by atoms with Gasteiger partial charge in [-0.3, -0.25) is 14.9 Å². The number of nitrogens with one attached hydrogen (secondary N) is 1. The summed E-state index contributed by atoms with van der Waals surface area (Å²) in [4.78, 5) is 25.3. The largest absolute Gasteiger partial charge is 0.370 e. The van der Waals surface area contributed by atoms with Gasteiger partial charge in [-0.15, -0.1) is 0 Å². The van der Waals surface area contributed by atoms with E-state index in [9.17, 15) is 9.59 Å². The zero-order valence-corrected chi connectivity index (χ0v) is 16.1. The normalized spacial score (nSPS) is 10.2. The number of hydrogen-bond donors (Lipinski definition) is 2. The number of nitrogens with two attached hydrogens (primary N) is 1. The van der Waals surface area contributed by atoms with Gasteiger partial charge in [-0.05, 0) is 36.0 Å². The second-order valence-corrected chi connectivity index (χ2v) is 6.80. The molecule has 0 aliphatic heterocycles. The summed E-state index contributed by atoms with van der Waals surface area (Å²) in [7, 11) is 0. The molecule has 0 heterocycles. The van der Waals surface area contributed by atoms with Crippen molar-refractivity contribution in [3.8, 4) is 0 Å². The Morgan fingerprint density at radius 2 is 1.69 bits per heavy atom. The van der Waals surface area contributed by atoms with E-state index in [0.29, 0.717) is 28.7 Å².